The van der Waals surface area contributed by atoms with Crippen LogP contribution in [-0.4, -0.2) is 51.1 Å². The summed E-state index contributed by atoms with van der Waals surface area (Å²) < 4.78 is 0. The molecule has 0 aliphatic heterocycles. The number of aliphatic hydroxyl groups excluding tert-OH is 3. The molecule has 0 radical (unpaired) electrons. The van der Waals surface area contributed by atoms with Crippen LogP contribution >= 0.6 is 0 Å². The van der Waals surface area contributed by atoms with Crippen molar-refractivity contribution in [3.63, 3.8) is 0 Å². The lowest BCUT2D eigenvalue weighted by Crippen LogP contribution is -2.49. The Morgan fingerprint density at radius 2 is 2.00 bits per heavy atom. The molecular weight excluding hydrogens is 152 g/mol. The van der Waals surface area contributed by atoms with E-state index in [1.54, 1.807) is 0 Å². The van der Waals surface area contributed by atoms with E-state index in [2.05, 4.69) is 0 Å². The van der Waals surface area contributed by atoms with Gasteiger partial charge in [-0.1, -0.05) is 0 Å². The molecule has 0 bridgehead atoms. The van der Waals surface area contributed by atoms with Crippen molar-refractivity contribution >= 4 is 6.29 Å². The summed E-state index contributed by atoms with van der Waals surface area (Å²) >= 11 is 0. The highest BCUT2D eigenvalue weighted by atomic mass is 16.4. The largest absolute Gasteiger partial charge is 0.394 e. The number of hydrogen-bond acceptors (Lipinski definition) is 5. The smallest absolute Gasteiger partial charge is 0.154 e. The molecule has 0 unspecified atom stereocenters. The minimum Gasteiger partial charge on any atom is -0.394 e. The summed E-state index contributed by atoms with van der Waals surface area (Å²) in [6.45, 7) is 0.342. The molecule has 5 heteroatoms. The van der Waals surface area contributed by atoms with Gasteiger partial charge in [-0.25, -0.2) is 0 Å². The quantitative estimate of drug-likeness (QED) is 0.349. The Morgan fingerprint density at radius 1 is 1.55 bits per heavy atom. The number of rotatable bonds is 4. The van der Waals surface area contributed by atoms with Gasteiger partial charge in [-0.05, 0) is 6.92 Å². The predicted octanol–water partition coefficient (Wildman–Crippen LogP) is -2.35. The number of carbonyl (C=O) groups is 1. The molecule has 0 spiro atoms. The van der Waals surface area contributed by atoms with E-state index in [0.29, 0.717) is 0 Å². The Bertz CT molecular complexity index is 133. The summed E-state index contributed by atoms with van der Waals surface area (Å²) in [7, 11) is 0. The number of aldehydes is 1. The van der Waals surface area contributed by atoms with Gasteiger partial charge in [0.05, 0.1) is 6.61 Å². The second kappa shape index (κ2) is 3.77. The maximum Gasteiger partial charge on any atom is 0.154 e. The lowest BCUT2D eigenvalue weighted by Gasteiger charge is -2.25. The molecule has 0 rings (SSSR count). The fourth-order valence-electron chi connectivity index (χ4n) is 0.559. The topological polar surface area (TPSA) is 98.0 Å². The van der Waals surface area contributed by atoms with Crippen LogP contribution in [0.3, 0.4) is 0 Å². The molecular formula is C6H12O5. The van der Waals surface area contributed by atoms with Crippen molar-refractivity contribution in [3.05, 3.63) is 0 Å². The first-order valence-electron chi connectivity index (χ1n) is 3.11. The van der Waals surface area contributed by atoms with Crippen LogP contribution in [0.4, 0.5) is 0 Å². The molecule has 0 aliphatic rings. The molecule has 0 saturated heterocycles. The summed E-state index contributed by atoms with van der Waals surface area (Å²) in [6, 6.07) is 0. The van der Waals surface area contributed by atoms with Gasteiger partial charge < -0.3 is 25.2 Å². The van der Waals surface area contributed by atoms with Gasteiger partial charge in [0.25, 0.3) is 0 Å². The van der Waals surface area contributed by atoms with Gasteiger partial charge in [-0.15, -0.1) is 0 Å². The van der Waals surface area contributed by atoms with Crippen molar-refractivity contribution in [1.82, 2.24) is 0 Å². The zero-order valence-corrected chi connectivity index (χ0v) is 6.14. The highest BCUT2D eigenvalue weighted by Crippen LogP contribution is 2.09. The lowest BCUT2D eigenvalue weighted by atomic mass is 9.97. The molecule has 0 aliphatic carbocycles. The van der Waals surface area contributed by atoms with Gasteiger partial charge in [0.1, 0.15) is 17.8 Å². The number of carbonyl (C=O) groups excluding carboxylic acids is 1. The second-order valence-corrected chi connectivity index (χ2v) is 2.54. The number of hydrogen-bond donors (Lipinski definition) is 4. The van der Waals surface area contributed by atoms with Crippen molar-refractivity contribution in [2.75, 3.05) is 6.61 Å². The van der Waals surface area contributed by atoms with Crippen LogP contribution in [0.1, 0.15) is 6.92 Å². The van der Waals surface area contributed by atoms with Gasteiger partial charge in [0.2, 0.25) is 0 Å². The Kier molecular flexibility index (Phi) is 3.61. The first-order chi connectivity index (χ1) is 4.95. The molecule has 0 heterocycles. The van der Waals surface area contributed by atoms with E-state index in [1.807, 2.05) is 0 Å². The maximum absolute atomic E-state index is 10.1. The molecule has 0 aromatic heterocycles. The zero-order chi connectivity index (χ0) is 9.07. The minimum absolute atomic E-state index is 0.108. The molecule has 0 fully saturated rings. The van der Waals surface area contributed by atoms with Crippen LogP contribution < -0.4 is 0 Å². The van der Waals surface area contributed by atoms with Gasteiger partial charge in [-0.3, -0.25) is 0 Å². The average molecular weight is 164 g/mol. The van der Waals surface area contributed by atoms with Crippen LogP contribution in [0, 0.1) is 0 Å². The Hall–Kier alpha value is -0.490. The maximum atomic E-state index is 10.1. The molecule has 11 heavy (non-hydrogen) atoms. The van der Waals surface area contributed by atoms with Crippen molar-refractivity contribution in [2.45, 2.75) is 24.7 Å². The molecule has 0 aromatic rings. The van der Waals surface area contributed by atoms with Crippen LogP contribution in [0.25, 0.3) is 0 Å². The Labute approximate surface area is 63.9 Å². The first kappa shape index (κ1) is 10.5. The van der Waals surface area contributed by atoms with Crippen molar-refractivity contribution in [1.29, 1.82) is 0 Å². The highest BCUT2D eigenvalue weighted by molar-refractivity contribution is 5.62. The number of aliphatic hydroxyl groups is 4. The van der Waals surface area contributed by atoms with E-state index in [4.69, 9.17) is 20.4 Å². The summed E-state index contributed by atoms with van der Waals surface area (Å²) in [5.74, 6) is 0. The van der Waals surface area contributed by atoms with Gasteiger partial charge in [0.15, 0.2) is 6.29 Å². The van der Waals surface area contributed by atoms with Crippen LogP contribution in [0.5, 0.6) is 0 Å². The van der Waals surface area contributed by atoms with E-state index in [9.17, 15) is 4.79 Å². The molecule has 4 N–H and O–H groups in total. The third-order valence-electron chi connectivity index (χ3n) is 1.39. The lowest BCUT2D eigenvalue weighted by molar-refractivity contribution is -0.148. The molecule has 0 amide bonds. The summed E-state index contributed by atoms with van der Waals surface area (Å²) in [5, 5.41) is 35.1. The van der Waals surface area contributed by atoms with Gasteiger partial charge >= 0.3 is 0 Å². The predicted molar refractivity (Wildman–Crippen MR) is 35.8 cm³/mol. The summed E-state index contributed by atoms with van der Waals surface area (Å²) in [5.41, 5.74) is -2.01. The van der Waals surface area contributed by atoms with Gasteiger partial charge in [0, 0.05) is 0 Å². The molecule has 0 aromatic carbocycles. The monoisotopic (exact) mass is 164 g/mol. The average Bonchev–Trinajstić information content (AvgIpc) is 2.01. The van der Waals surface area contributed by atoms with E-state index < -0.39 is 24.4 Å². The first-order valence-corrected chi connectivity index (χ1v) is 3.11. The van der Waals surface area contributed by atoms with Crippen molar-refractivity contribution < 1.29 is 25.2 Å². The molecule has 5 nitrogen and oxygen atoms in total. The van der Waals surface area contributed by atoms with E-state index >= 15 is 0 Å². The third kappa shape index (κ3) is 2.55. The van der Waals surface area contributed by atoms with Crippen molar-refractivity contribution in [2.24, 2.45) is 0 Å². The zero-order valence-electron chi connectivity index (χ0n) is 6.14. The summed E-state index contributed by atoms with van der Waals surface area (Å²) in [6.07, 6.45) is -3.06. The van der Waals surface area contributed by atoms with E-state index in [0.717, 1.165) is 6.92 Å². The Morgan fingerprint density at radius 3 is 2.27 bits per heavy atom. The van der Waals surface area contributed by atoms with E-state index in [1.165, 1.54) is 0 Å². The molecule has 66 valence electrons. The standard InChI is InChI=1S/C6H12O5/c1-6(11,3-8)5(10)4(9)2-7/h3-5,7,9-11H,2H2,1H3/t4-,5-,6+/m1/s1. The highest BCUT2D eigenvalue weighted by Gasteiger charge is 2.34. The van der Waals surface area contributed by atoms with Crippen LogP contribution in [-0.2, 0) is 4.79 Å². The van der Waals surface area contributed by atoms with Crippen molar-refractivity contribution in [3.8, 4) is 0 Å². The van der Waals surface area contributed by atoms with Crippen LogP contribution in [0.2, 0.25) is 0 Å². The van der Waals surface area contributed by atoms with Crippen LogP contribution in [0.15, 0.2) is 0 Å². The minimum atomic E-state index is -2.01. The molecule has 0 saturated carbocycles. The molecule has 3 atom stereocenters. The Balaban J connectivity index is 4.21. The fourth-order valence-corrected chi connectivity index (χ4v) is 0.559. The fraction of sp³-hybridized carbons (Fsp3) is 0.833. The van der Waals surface area contributed by atoms with E-state index in [-0.39, 0.29) is 6.29 Å². The third-order valence-corrected chi connectivity index (χ3v) is 1.39. The summed E-state index contributed by atoms with van der Waals surface area (Å²) in [4.78, 5) is 10.1. The SMILES string of the molecule is C[C@](O)(C=O)[C@H](O)[C@H](O)CO. The second-order valence-electron chi connectivity index (χ2n) is 2.54. The van der Waals surface area contributed by atoms with Gasteiger partial charge in [-0.2, -0.15) is 0 Å². The normalized spacial score (nSPS) is 21.9.